The molecule has 2 N–H and O–H groups in total. The maximum absolute atomic E-state index is 13.8. The Morgan fingerprint density at radius 3 is 2.30 bits per heavy atom. The molecule has 0 aliphatic heterocycles. The molecule has 0 bridgehead atoms. The molecule has 8 heteroatoms. The van der Waals surface area contributed by atoms with Crippen LogP contribution in [0, 0.1) is 18.6 Å². The quantitative estimate of drug-likeness (QED) is 0.520. The lowest BCUT2D eigenvalue weighted by atomic mass is 9.98. The normalized spacial score (nSPS) is 10.8. The van der Waals surface area contributed by atoms with Crippen LogP contribution >= 0.6 is 0 Å². The van der Waals surface area contributed by atoms with Crippen LogP contribution in [0.2, 0.25) is 0 Å². The maximum Gasteiger partial charge on any atom is 0.434 e. The van der Waals surface area contributed by atoms with E-state index in [1.165, 1.54) is 6.07 Å². The van der Waals surface area contributed by atoms with Gasteiger partial charge < -0.3 is 9.73 Å². The number of hydrogen-bond donors (Lipinski definition) is 2. The first-order valence-corrected chi connectivity index (χ1v) is 8.95. The minimum absolute atomic E-state index is 0.178. The van der Waals surface area contributed by atoms with Crippen LogP contribution in [0.25, 0.3) is 22.6 Å². The molecular weight excluding hydrogens is 392 g/mol. The van der Waals surface area contributed by atoms with Crippen LogP contribution in [0.4, 0.5) is 14.5 Å². The SMILES string of the molecule is Cc1ccc(-c2n[nH]c(=O)o2)cc1-c1ccc(NC(=O)c2c(F)cccc2F)cc1. The summed E-state index contributed by atoms with van der Waals surface area (Å²) in [6.45, 7) is 1.93. The molecule has 4 aromatic rings. The maximum atomic E-state index is 13.8. The number of carbonyl (C=O) groups excluding carboxylic acids is 1. The Labute approximate surface area is 169 Å². The highest BCUT2D eigenvalue weighted by atomic mass is 19.1. The largest absolute Gasteiger partial charge is 0.434 e. The molecule has 30 heavy (non-hydrogen) atoms. The highest BCUT2D eigenvalue weighted by Crippen LogP contribution is 2.29. The van der Waals surface area contributed by atoms with Gasteiger partial charge in [0.05, 0.1) is 0 Å². The molecule has 0 radical (unpaired) electrons. The van der Waals surface area contributed by atoms with Crippen LogP contribution in [0.3, 0.4) is 0 Å². The monoisotopic (exact) mass is 407 g/mol. The van der Waals surface area contributed by atoms with Crippen molar-refractivity contribution in [2.75, 3.05) is 5.32 Å². The zero-order valence-electron chi connectivity index (χ0n) is 15.7. The van der Waals surface area contributed by atoms with Crippen LogP contribution in [0.15, 0.2) is 69.9 Å². The number of carbonyl (C=O) groups is 1. The number of aromatic amines is 1. The third kappa shape index (κ3) is 3.75. The van der Waals surface area contributed by atoms with E-state index in [4.69, 9.17) is 4.42 Å². The van der Waals surface area contributed by atoms with E-state index >= 15 is 0 Å². The summed E-state index contributed by atoms with van der Waals surface area (Å²) in [5, 5.41) is 8.54. The van der Waals surface area contributed by atoms with Crippen LogP contribution in [0.1, 0.15) is 15.9 Å². The molecule has 0 fully saturated rings. The second-order valence-electron chi connectivity index (χ2n) is 6.58. The van der Waals surface area contributed by atoms with Crippen molar-refractivity contribution in [2.45, 2.75) is 6.92 Å². The predicted molar refractivity (Wildman–Crippen MR) is 107 cm³/mol. The first-order chi connectivity index (χ1) is 14.4. The molecule has 3 aromatic carbocycles. The van der Waals surface area contributed by atoms with Crippen molar-refractivity contribution in [2.24, 2.45) is 0 Å². The van der Waals surface area contributed by atoms with E-state index in [-0.39, 0.29) is 5.89 Å². The summed E-state index contributed by atoms with van der Waals surface area (Å²) in [5.41, 5.74) is 3.06. The van der Waals surface area contributed by atoms with Crippen molar-refractivity contribution in [3.63, 3.8) is 0 Å². The van der Waals surface area contributed by atoms with Gasteiger partial charge >= 0.3 is 5.76 Å². The Morgan fingerprint density at radius 1 is 1.00 bits per heavy atom. The number of hydrogen-bond acceptors (Lipinski definition) is 4. The Hall–Kier alpha value is -4.07. The van der Waals surface area contributed by atoms with Gasteiger partial charge in [0.1, 0.15) is 17.2 Å². The lowest BCUT2D eigenvalue weighted by Crippen LogP contribution is -2.15. The number of amides is 1. The van der Waals surface area contributed by atoms with Gasteiger partial charge in [-0.25, -0.2) is 18.7 Å². The molecule has 0 atom stereocenters. The summed E-state index contributed by atoms with van der Waals surface area (Å²) in [6, 6.07) is 15.5. The number of halogens is 2. The van der Waals surface area contributed by atoms with Gasteiger partial charge in [0.25, 0.3) is 5.91 Å². The van der Waals surface area contributed by atoms with Gasteiger partial charge in [-0.2, -0.15) is 0 Å². The van der Waals surface area contributed by atoms with Gasteiger partial charge in [-0.05, 0) is 60.0 Å². The van der Waals surface area contributed by atoms with Gasteiger partial charge in [0, 0.05) is 11.3 Å². The smallest absolute Gasteiger partial charge is 0.388 e. The lowest BCUT2D eigenvalue weighted by molar-refractivity contribution is 0.101. The van der Waals surface area contributed by atoms with E-state index in [0.717, 1.165) is 28.8 Å². The average Bonchev–Trinajstić information content (AvgIpc) is 3.15. The number of nitrogens with zero attached hydrogens (tertiary/aromatic N) is 1. The molecule has 1 aromatic heterocycles. The van der Waals surface area contributed by atoms with Crippen LogP contribution < -0.4 is 11.1 Å². The number of aromatic nitrogens is 2. The van der Waals surface area contributed by atoms with E-state index in [2.05, 4.69) is 15.5 Å². The number of anilines is 1. The van der Waals surface area contributed by atoms with Crippen LogP contribution in [-0.2, 0) is 0 Å². The highest BCUT2D eigenvalue weighted by molar-refractivity contribution is 6.04. The van der Waals surface area contributed by atoms with E-state index in [0.29, 0.717) is 11.3 Å². The van der Waals surface area contributed by atoms with Gasteiger partial charge in [-0.3, -0.25) is 4.79 Å². The molecule has 6 nitrogen and oxygen atoms in total. The topological polar surface area (TPSA) is 88.0 Å². The van der Waals surface area contributed by atoms with Gasteiger partial charge in [0.2, 0.25) is 5.89 Å². The Bertz CT molecular complexity index is 1270. The molecular formula is C22H15F2N3O3. The molecule has 1 amide bonds. The molecule has 0 saturated heterocycles. The first kappa shape index (κ1) is 19.3. The third-order valence-corrected chi connectivity index (χ3v) is 4.57. The van der Waals surface area contributed by atoms with Crippen molar-refractivity contribution in [1.29, 1.82) is 0 Å². The second kappa shape index (κ2) is 7.75. The minimum atomic E-state index is -0.929. The first-order valence-electron chi connectivity index (χ1n) is 8.95. The van der Waals surface area contributed by atoms with E-state index < -0.39 is 28.9 Å². The van der Waals surface area contributed by atoms with E-state index in [1.807, 2.05) is 19.1 Å². The van der Waals surface area contributed by atoms with Gasteiger partial charge in [-0.15, -0.1) is 5.10 Å². The number of benzene rings is 3. The molecule has 0 aliphatic rings. The van der Waals surface area contributed by atoms with Crippen LogP contribution in [-0.4, -0.2) is 16.1 Å². The zero-order valence-corrected chi connectivity index (χ0v) is 15.7. The van der Waals surface area contributed by atoms with Crippen molar-refractivity contribution in [3.8, 4) is 22.6 Å². The van der Waals surface area contributed by atoms with Crippen molar-refractivity contribution in [1.82, 2.24) is 10.2 Å². The van der Waals surface area contributed by atoms with Crippen molar-refractivity contribution < 1.29 is 18.0 Å². The molecule has 0 unspecified atom stereocenters. The Kier molecular flexibility index (Phi) is 4.97. The molecule has 4 rings (SSSR count). The number of H-pyrrole nitrogens is 1. The lowest BCUT2D eigenvalue weighted by Gasteiger charge is -2.10. The van der Waals surface area contributed by atoms with Crippen LogP contribution in [0.5, 0.6) is 0 Å². The Balaban J connectivity index is 1.60. The fourth-order valence-corrected chi connectivity index (χ4v) is 3.06. The summed E-state index contributed by atoms with van der Waals surface area (Å²) >= 11 is 0. The number of rotatable bonds is 4. The molecule has 0 aliphatic carbocycles. The van der Waals surface area contributed by atoms with E-state index in [9.17, 15) is 18.4 Å². The second-order valence-corrected chi connectivity index (χ2v) is 6.58. The summed E-state index contributed by atoms with van der Waals surface area (Å²) < 4.78 is 32.5. The number of nitrogens with one attached hydrogen (secondary N) is 2. The summed E-state index contributed by atoms with van der Waals surface area (Å²) in [6.07, 6.45) is 0. The highest BCUT2D eigenvalue weighted by Gasteiger charge is 2.17. The summed E-state index contributed by atoms with van der Waals surface area (Å²) in [5.74, 6) is -3.19. The molecule has 0 spiro atoms. The Morgan fingerprint density at radius 2 is 1.67 bits per heavy atom. The predicted octanol–water partition coefficient (Wildman–Crippen LogP) is 4.54. The number of aryl methyl sites for hydroxylation is 1. The third-order valence-electron chi connectivity index (χ3n) is 4.57. The van der Waals surface area contributed by atoms with Crippen molar-refractivity contribution in [3.05, 3.63) is 94.0 Å². The van der Waals surface area contributed by atoms with Gasteiger partial charge in [-0.1, -0.05) is 24.3 Å². The molecule has 1 heterocycles. The van der Waals surface area contributed by atoms with Gasteiger partial charge in [0.15, 0.2) is 0 Å². The average molecular weight is 407 g/mol. The standard InChI is InChI=1S/C22H15F2N3O3/c1-12-5-6-14(21-26-27-22(29)30-21)11-16(12)13-7-9-15(10-8-13)25-20(28)19-17(23)3-2-4-18(19)24/h2-11H,1H3,(H,25,28)(H,27,29). The zero-order chi connectivity index (χ0) is 21.3. The fraction of sp³-hybridized carbons (Fsp3) is 0.0455. The fourth-order valence-electron chi connectivity index (χ4n) is 3.06. The van der Waals surface area contributed by atoms with E-state index in [1.54, 1.807) is 30.3 Å². The molecule has 150 valence electrons. The minimum Gasteiger partial charge on any atom is -0.388 e. The summed E-state index contributed by atoms with van der Waals surface area (Å²) in [4.78, 5) is 23.4. The molecule has 0 saturated carbocycles. The van der Waals surface area contributed by atoms with Crippen molar-refractivity contribution >= 4 is 11.6 Å². The summed E-state index contributed by atoms with van der Waals surface area (Å²) in [7, 11) is 0.